The molecular formula is C18H18N4O3S. The number of carbonyl (C=O) groups is 2. The Bertz CT molecular complexity index is 901. The van der Waals surface area contributed by atoms with Crippen LogP contribution in [0.3, 0.4) is 0 Å². The Morgan fingerprint density at radius 3 is 2.54 bits per heavy atom. The number of H-pyrrole nitrogens is 1. The minimum Gasteiger partial charge on any atom is -0.494 e. The second-order valence-electron chi connectivity index (χ2n) is 5.38. The van der Waals surface area contributed by atoms with Gasteiger partial charge in [0.05, 0.1) is 12.3 Å². The zero-order chi connectivity index (χ0) is 18.5. The summed E-state index contributed by atoms with van der Waals surface area (Å²) in [5.41, 5.74) is 6.65. The molecule has 134 valence electrons. The van der Waals surface area contributed by atoms with Crippen LogP contribution in [0.2, 0.25) is 0 Å². The summed E-state index contributed by atoms with van der Waals surface area (Å²) in [6.07, 6.45) is 1.63. The second kappa shape index (κ2) is 7.83. The fourth-order valence-electron chi connectivity index (χ4n) is 2.30. The van der Waals surface area contributed by atoms with Crippen LogP contribution in [0.5, 0.6) is 5.75 Å². The third-order valence-electron chi connectivity index (χ3n) is 3.55. The average Bonchev–Trinajstić information content (AvgIpc) is 3.30. The van der Waals surface area contributed by atoms with Crippen LogP contribution >= 0.6 is 11.3 Å². The SMILES string of the molecule is CCOc1ccc(-c2nc(C)c(C(=O)NNC(=O)c3ccc[nH]3)s2)cc1. The number of nitrogens with zero attached hydrogens (tertiary/aromatic N) is 1. The minimum absolute atomic E-state index is 0.362. The molecule has 0 saturated heterocycles. The van der Waals surface area contributed by atoms with E-state index in [-0.39, 0.29) is 0 Å². The van der Waals surface area contributed by atoms with Gasteiger partial charge < -0.3 is 9.72 Å². The zero-order valence-corrected chi connectivity index (χ0v) is 15.1. The third-order valence-corrected chi connectivity index (χ3v) is 4.75. The number of thiazole rings is 1. The van der Waals surface area contributed by atoms with Gasteiger partial charge in [0.1, 0.15) is 21.3 Å². The molecule has 2 aromatic heterocycles. The molecule has 0 fully saturated rings. The number of rotatable bonds is 5. The van der Waals surface area contributed by atoms with E-state index in [0.29, 0.717) is 22.9 Å². The molecule has 7 nitrogen and oxygen atoms in total. The van der Waals surface area contributed by atoms with Crippen LogP contribution in [-0.2, 0) is 0 Å². The molecule has 0 aliphatic carbocycles. The van der Waals surface area contributed by atoms with E-state index in [1.807, 2.05) is 31.2 Å². The number of ether oxygens (including phenoxy) is 1. The second-order valence-corrected chi connectivity index (χ2v) is 6.38. The highest BCUT2D eigenvalue weighted by atomic mass is 32.1. The summed E-state index contributed by atoms with van der Waals surface area (Å²) in [6, 6.07) is 10.9. The Morgan fingerprint density at radius 2 is 1.88 bits per heavy atom. The van der Waals surface area contributed by atoms with E-state index in [0.717, 1.165) is 16.3 Å². The van der Waals surface area contributed by atoms with Crippen LogP contribution in [0, 0.1) is 6.92 Å². The highest BCUT2D eigenvalue weighted by molar-refractivity contribution is 7.17. The number of hydrogen-bond donors (Lipinski definition) is 3. The molecule has 0 spiro atoms. The normalized spacial score (nSPS) is 10.4. The molecule has 0 unspecified atom stereocenters. The van der Waals surface area contributed by atoms with E-state index in [4.69, 9.17) is 4.74 Å². The van der Waals surface area contributed by atoms with Crippen molar-refractivity contribution >= 4 is 23.2 Å². The van der Waals surface area contributed by atoms with Crippen molar-refractivity contribution in [3.8, 4) is 16.3 Å². The smallest absolute Gasteiger partial charge is 0.286 e. The molecule has 3 rings (SSSR count). The lowest BCUT2D eigenvalue weighted by Gasteiger charge is -2.05. The van der Waals surface area contributed by atoms with E-state index < -0.39 is 11.8 Å². The quantitative estimate of drug-likeness (QED) is 0.602. The molecule has 1 aromatic carbocycles. The number of carbonyl (C=O) groups excluding carboxylic acids is 2. The van der Waals surface area contributed by atoms with E-state index in [9.17, 15) is 9.59 Å². The van der Waals surface area contributed by atoms with Gasteiger partial charge in [0.2, 0.25) is 0 Å². The summed E-state index contributed by atoms with van der Waals surface area (Å²) < 4.78 is 5.42. The molecule has 0 aliphatic heterocycles. The average molecular weight is 370 g/mol. The lowest BCUT2D eigenvalue weighted by atomic mass is 10.2. The number of hydrogen-bond acceptors (Lipinski definition) is 5. The van der Waals surface area contributed by atoms with Crippen molar-refractivity contribution in [3.05, 3.63) is 58.9 Å². The van der Waals surface area contributed by atoms with Crippen molar-refractivity contribution < 1.29 is 14.3 Å². The van der Waals surface area contributed by atoms with Gasteiger partial charge in [-0.05, 0) is 50.2 Å². The van der Waals surface area contributed by atoms with Crippen LogP contribution in [0.1, 0.15) is 32.8 Å². The number of aryl methyl sites for hydroxylation is 1. The fraction of sp³-hybridized carbons (Fsp3) is 0.167. The maximum Gasteiger partial charge on any atom is 0.286 e. The van der Waals surface area contributed by atoms with E-state index >= 15 is 0 Å². The summed E-state index contributed by atoms with van der Waals surface area (Å²) >= 11 is 1.27. The van der Waals surface area contributed by atoms with Crippen molar-refractivity contribution in [2.24, 2.45) is 0 Å². The number of aromatic nitrogens is 2. The van der Waals surface area contributed by atoms with Crippen LogP contribution in [0.15, 0.2) is 42.6 Å². The van der Waals surface area contributed by atoms with Gasteiger partial charge in [-0.3, -0.25) is 20.4 Å². The molecule has 3 aromatic rings. The number of nitrogens with one attached hydrogen (secondary N) is 3. The van der Waals surface area contributed by atoms with Crippen molar-refractivity contribution in [1.82, 2.24) is 20.8 Å². The highest BCUT2D eigenvalue weighted by Gasteiger charge is 2.17. The predicted molar refractivity (Wildman–Crippen MR) is 99.2 cm³/mol. The Balaban J connectivity index is 1.69. The van der Waals surface area contributed by atoms with Crippen molar-refractivity contribution in [2.75, 3.05) is 6.61 Å². The first kappa shape index (κ1) is 17.7. The maximum atomic E-state index is 12.3. The molecule has 2 amide bonds. The largest absolute Gasteiger partial charge is 0.494 e. The van der Waals surface area contributed by atoms with Crippen molar-refractivity contribution in [2.45, 2.75) is 13.8 Å². The van der Waals surface area contributed by atoms with Crippen LogP contribution in [-0.4, -0.2) is 28.4 Å². The monoisotopic (exact) mass is 370 g/mol. The first-order chi connectivity index (χ1) is 12.6. The third kappa shape index (κ3) is 3.92. The predicted octanol–water partition coefficient (Wildman–Crippen LogP) is 2.92. The first-order valence-electron chi connectivity index (χ1n) is 8.03. The first-order valence-corrected chi connectivity index (χ1v) is 8.85. The fourth-order valence-corrected chi connectivity index (χ4v) is 3.27. The van der Waals surface area contributed by atoms with Gasteiger partial charge in [-0.25, -0.2) is 4.98 Å². The molecule has 0 aliphatic rings. The minimum atomic E-state index is -0.419. The molecule has 26 heavy (non-hydrogen) atoms. The Labute approximate surface area is 154 Å². The summed E-state index contributed by atoms with van der Waals surface area (Å²) in [7, 11) is 0. The summed E-state index contributed by atoms with van der Waals surface area (Å²) in [6.45, 7) is 4.29. The van der Waals surface area contributed by atoms with Gasteiger partial charge in [-0.1, -0.05) is 0 Å². The Hall–Kier alpha value is -3.13. The van der Waals surface area contributed by atoms with E-state index in [1.54, 1.807) is 25.3 Å². The molecule has 0 atom stereocenters. The van der Waals surface area contributed by atoms with Crippen LogP contribution in [0.25, 0.3) is 10.6 Å². The van der Waals surface area contributed by atoms with Gasteiger partial charge in [-0.2, -0.15) is 0 Å². The molecule has 8 heteroatoms. The van der Waals surface area contributed by atoms with Crippen molar-refractivity contribution in [1.29, 1.82) is 0 Å². The van der Waals surface area contributed by atoms with Gasteiger partial charge in [-0.15, -0.1) is 11.3 Å². The Morgan fingerprint density at radius 1 is 1.15 bits per heavy atom. The molecule has 2 heterocycles. The van der Waals surface area contributed by atoms with Crippen molar-refractivity contribution in [3.63, 3.8) is 0 Å². The van der Waals surface area contributed by atoms with Gasteiger partial charge in [0.25, 0.3) is 11.8 Å². The van der Waals surface area contributed by atoms with Gasteiger partial charge >= 0.3 is 0 Å². The summed E-state index contributed by atoms with van der Waals surface area (Å²) in [4.78, 5) is 31.9. The van der Waals surface area contributed by atoms with Gasteiger partial charge in [0, 0.05) is 11.8 Å². The van der Waals surface area contributed by atoms with Crippen LogP contribution in [0.4, 0.5) is 0 Å². The van der Waals surface area contributed by atoms with Gasteiger partial charge in [0.15, 0.2) is 0 Å². The zero-order valence-electron chi connectivity index (χ0n) is 14.3. The maximum absolute atomic E-state index is 12.3. The summed E-state index contributed by atoms with van der Waals surface area (Å²) in [5, 5.41) is 0.728. The number of amides is 2. The molecule has 0 radical (unpaired) electrons. The number of benzene rings is 1. The molecule has 0 saturated carbocycles. The van der Waals surface area contributed by atoms with E-state index in [2.05, 4.69) is 20.8 Å². The molecule has 0 bridgehead atoms. The lowest BCUT2D eigenvalue weighted by Crippen LogP contribution is -2.41. The number of hydrazine groups is 1. The topological polar surface area (TPSA) is 96.1 Å². The lowest BCUT2D eigenvalue weighted by molar-refractivity contribution is 0.0846. The highest BCUT2D eigenvalue weighted by Crippen LogP contribution is 2.29. The number of aromatic amines is 1. The molecule has 3 N–H and O–H groups in total. The Kier molecular flexibility index (Phi) is 5.33. The summed E-state index contributed by atoms with van der Waals surface area (Å²) in [5.74, 6) is -0.0381. The van der Waals surface area contributed by atoms with Crippen LogP contribution < -0.4 is 15.6 Å². The standard InChI is InChI=1S/C18H18N4O3S/c1-3-25-13-8-6-12(7-9-13)18-20-11(2)15(26-18)17(24)22-21-16(23)14-5-4-10-19-14/h4-10,19H,3H2,1-2H3,(H,21,23)(H,22,24). The molecular weight excluding hydrogens is 352 g/mol. The van der Waals surface area contributed by atoms with E-state index in [1.165, 1.54) is 11.3 Å².